The molecule has 108 valence electrons. The predicted octanol–water partition coefficient (Wildman–Crippen LogP) is 1.98. The Labute approximate surface area is 115 Å². The Kier molecular flexibility index (Phi) is 4.81. The van der Waals surface area contributed by atoms with Crippen molar-refractivity contribution in [1.29, 1.82) is 0 Å². The number of nitrogens with one attached hydrogen (secondary N) is 1. The molecular formula is C13H23N3O2S. The van der Waals surface area contributed by atoms with Gasteiger partial charge in [0.25, 0.3) is 0 Å². The van der Waals surface area contributed by atoms with Gasteiger partial charge in [-0.1, -0.05) is 19.9 Å². The zero-order valence-electron chi connectivity index (χ0n) is 12.1. The minimum atomic E-state index is -3.52. The third-order valence-corrected chi connectivity index (χ3v) is 5.08. The van der Waals surface area contributed by atoms with Crippen LogP contribution in [-0.4, -0.2) is 32.9 Å². The van der Waals surface area contributed by atoms with Gasteiger partial charge >= 0.3 is 0 Å². The van der Waals surface area contributed by atoms with Gasteiger partial charge in [0, 0.05) is 20.1 Å². The normalized spacial score (nSPS) is 13.8. The maximum absolute atomic E-state index is 12.1. The van der Waals surface area contributed by atoms with E-state index in [9.17, 15) is 8.42 Å². The summed E-state index contributed by atoms with van der Waals surface area (Å²) in [5, 5.41) is 3.25. The molecule has 0 radical (unpaired) electrons. The van der Waals surface area contributed by atoms with E-state index in [2.05, 4.69) is 19.2 Å². The fraction of sp³-hybridized carbons (Fsp3) is 0.538. The second-order valence-corrected chi connectivity index (χ2v) is 7.30. The Morgan fingerprint density at radius 2 is 1.79 bits per heavy atom. The molecule has 0 bridgehead atoms. The van der Waals surface area contributed by atoms with Crippen LogP contribution < -0.4 is 11.1 Å². The second kappa shape index (κ2) is 5.79. The van der Waals surface area contributed by atoms with E-state index in [4.69, 9.17) is 5.73 Å². The molecule has 0 aliphatic heterocycles. The molecule has 1 aromatic rings. The van der Waals surface area contributed by atoms with Gasteiger partial charge in [-0.05, 0) is 25.0 Å². The summed E-state index contributed by atoms with van der Waals surface area (Å²) < 4.78 is 25.4. The molecule has 0 aromatic heterocycles. The molecule has 1 atom stereocenters. The number of nitrogens with two attached hydrogens (primary N) is 1. The van der Waals surface area contributed by atoms with Crippen LogP contribution in [0.15, 0.2) is 23.1 Å². The molecule has 0 saturated heterocycles. The summed E-state index contributed by atoms with van der Waals surface area (Å²) in [6.07, 6.45) is 0. The van der Waals surface area contributed by atoms with Crippen LogP contribution in [0.4, 0.5) is 11.4 Å². The quantitative estimate of drug-likeness (QED) is 0.811. The summed E-state index contributed by atoms with van der Waals surface area (Å²) in [5.74, 6) is 0.425. The fourth-order valence-electron chi connectivity index (χ4n) is 1.50. The van der Waals surface area contributed by atoms with Crippen LogP contribution in [0.1, 0.15) is 20.8 Å². The molecule has 0 heterocycles. The van der Waals surface area contributed by atoms with Gasteiger partial charge in [-0.3, -0.25) is 0 Å². The van der Waals surface area contributed by atoms with Crippen molar-refractivity contribution in [3.05, 3.63) is 18.2 Å². The molecule has 5 nitrogen and oxygen atoms in total. The first-order valence-electron chi connectivity index (χ1n) is 6.25. The molecule has 1 rings (SSSR count). The molecule has 0 amide bonds. The summed E-state index contributed by atoms with van der Waals surface area (Å²) in [4.78, 5) is 0.137. The molecule has 0 aliphatic rings. The Morgan fingerprint density at radius 3 is 2.26 bits per heavy atom. The van der Waals surface area contributed by atoms with E-state index in [1.165, 1.54) is 20.2 Å². The monoisotopic (exact) mass is 285 g/mol. The standard InChI is InChI=1S/C13H23N3O2S/c1-9(2)10(3)15-11-7-6-8-12(13(11)14)19(17,18)16(4)5/h6-10,15H,14H2,1-5H3. The first-order chi connectivity index (χ1) is 8.67. The van der Waals surface area contributed by atoms with Gasteiger partial charge in [0.1, 0.15) is 4.90 Å². The van der Waals surface area contributed by atoms with Crippen LogP contribution in [-0.2, 0) is 10.0 Å². The molecule has 3 N–H and O–H groups in total. The highest BCUT2D eigenvalue weighted by atomic mass is 32.2. The number of hydrogen-bond donors (Lipinski definition) is 2. The van der Waals surface area contributed by atoms with Gasteiger partial charge in [0.05, 0.1) is 11.4 Å². The lowest BCUT2D eigenvalue weighted by Crippen LogP contribution is -2.25. The van der Waals surface area contributed by atoms with Crippen LogP contribution in [0.5, 0.6) is 0 Å². The number of nitrogens with zero attached hydrogens (tertiary/aromatic N) is 1. The molecule has 1 aromatic carbocycles. The Hall–Kier alpha value is -1.27. The van der Waals surface area contributed by atoms with E-state index in [1.807, 2.05) is 6.92 Å². The predicted molar refractivity (Wildman–Crippen MR) is 79.6 cm³/mol. The lowest BCUT2D eigenvalue weighted by atomic mass is 10.1. The van der Waals surface area contributed by atoms with Crippen LogP contribution in [0.3, 0.4) is 0 Å². The average molecular weight is 285 g/mol. The lowest BCUT2D eigenvalue weighted by molar-refractivity contribution is 0.521. The van der Waals surface area contributed by atoms with Gasteiger partial charge in [-0.25, -0.2) is 12.7 Å². The molecular weight excluding hydrogens is 262 g/mol. The summed E-state index contributed by atoms with van der Waals surface area (Å²) in [6, 6.07) is 5.22. The number of benzene rings is 1. The van der Waals surface area contributed by atoms with E-state index in [0.717, 1.165) is 4.31 Å². The number of rotatable bonds is 5. The van der Waals surface area contributed by atoms with Crippen molar-refractivity contribution in [2.75, 3.05) is 25.1 Å². The first-order valence-corrected chi connectivity index (χ1v) is 7.69. The number of nitrogen functional groups attached to an aromatic ring is 1. The smallest absolute Gasteiger partial charge is 0.244 e. The van der Waals surface area contributed by atoms with E-state index in [0.29, 0.717) is 11.6 Å². The van der Waals surface area contributed by atoms with Gasteiger partial charge < -0.3 is 11.1 Å². The van der Waals surface area contributed by atoms with Crippen molar-refractivity contribution in [3.8, 4) is 0 Å². The van der Waals surface area contributed by atoms with E-state index < -0.39 is 10.0 Å². The van der Waals surface area contributed by atoms with E-state index in [-0.39, 0.29) is 16.6 Å². The summed E-state index contributed by atoms with van der Waals surface area (Å²) >= 11 is 0. The Balaban J connectivity index is 3.20. The highest BCUT2D eigenvalue weighted by Crippen LogP contribution is 2.29. The van der Waals surface area contributed by atoms with Gasteiger partial charge in [-0.15, -0.1) is 0 Å². The molecule has 19 heavy (non-hydrogen) atoms. The van der Waals surface area contributed by atoms with Crippen LogP contribution >= 0.6 is 0 Å². The Bertz CT molecular complexity index is 539. The highest BCUT2D eigenvalue weighted by molar-refractivity contribution is 7.89. The zero-order chi connectivity index (χ0) is 14.8. The van der Waals surface area contributed by atoms with Crippen molar-refractivity contribution >= 4 is 21.4 Å². The van der Waals surface area contributed by atoms with E-state index in [1.54, 1.807) is 12.1 Å². The molecule has 0 fully saturated rings. The third-order valence-electron chi connectivity index (χ3n) is 3.21. The molecule has 1 unspecified atom stereocenters. The number of sulfonamides is 1. The molecule has 0 aliphatic carbocycles. The van der Waals surface area contributed by atoms with E-state index >= 15 is 0 Å². The van der Waals surface area contributed by atoms with Crippen LogP contribution in [0.25, 0.3) is 0 Å². The first kappa shape index (κ1) is 15.8. The van der Waals surface area contributed by atoms with Crippen molar-refractivity contribution in [1.82, 2.24) is 4.31 Å². The minimum Gasteiger partial charge on any atom is -0.396 e. The summed E-state index contributed by atoms with van der Waals surface area (Å²) in [6.45, 7) is 6.22. The minimum absolute atomic E-state index is 0.137. The summed E-state index contributed by atoms with van der Waals surface area (Å²) in [5.41, 5.74) is 6.91. The van der Waals surface area contributed by atoms with Gasteiger partial charge in [-0.2, -0.15) is 0 Å². The fourth-order valence-corrected chi connectivity index (χ4v) is 2.54. The number of anilines is 2. The van der Waals surface area contributed by atoms with Gasteiger partial charge in [0.15, 0.2) is 0 Å². The van der Waals surface area contributed by atoms with Crippen LogP contribution in [0, 0.1) is 5.92 Å². The maximum atomic E-state index is 12.1. The number of hydrogen-bond acceptors (Lipinski definition) is 4. The average Bonchev–Trinajstić information content (AvgIpc) is 2.31. The largest absolute Gasteiger partial charge is 0.396 e. The van der Waals surface area contributed by atoms with Crippen molar-refractivity contribution in [2.24, 2.45) is 5.92 Å². The second-order valence-electron chi connectivity index (χ2n) is 5.18. The lowest BCUT2D eigenvalue weighted by Gasteiger charge is -2.21. The summed E-state index contributed by atoms with van der Waals surface area (Å²) in [7, 11) is -0.534. The molecule has 6 heteroatoms. The van der Waals surface area contributed by atoms with Crippen LogP contribution in [0.2, 0.25) is 0 Å². The molecule has 0 spiro atoms. The Morgan fingerprint density at radius 1 is 1.21 bits per heavy atom. The topological polar surface area (TPSA) is 75.4 Å². The van der Waals surface area contributed by atoms with Crippen molar-refractivity contribution in [2.45, 2.75) is 31.7 Å². The van der Waals surface area contributed by atoms with Crippen molar-refractivity contribution < 1.29 is 8.42 Å². The van der Waals surface area contributed by atoms with Crippen molar-refractivity contribution in [3.63, 3.8) is 0 Å². The molecule has 0 saturated carbocycles. The van der Waals surface area contributed by atoms with Gasteiger partial charge in [0.2, 0.25) is 10.0 Å². The number of para-hydroxylation sites is 1. The zero-order valence-corrected chi connectivity index (χ0v) is 13.0. The third kappa shape index (κ3) is 3.39. The SMILES string of the molecule is CC(C)C(C)Nc1cccc(S(=O)(=O)N(C)C)c1N. The highest BCUT2D eigenvalue weighted by Gasteiger charge is 2.22. The maximum Gasteiger partial charge on any atom is 0.244 e.